The monoisotopic (exact) mass is 674 g/mol. The van der Waals surface area contributed by atoms with E-state index in [1.54, 1.807) is 16.7 Å². The van der Waals surface area contributed by atoms with Crippen LogP contribution in [0.3, 0.4) is 0 Å². The predicted octanol–water partition coefficient (Wildman–Crippen LogP) is 12.5. The molecule has 10 aliphatic carbocycles. The van der Waals surface area contributed by atoms with Gasteiger partial charge in [-0.15, -0.1) is 0 Å². The van der Waals surface area contributed by atoms with Crippen LogP contribution in [0.5, 0.6) is 0 Å². The van der Waals surface area contributed by atoms with Crippen LogP contribution in [0.4, 0.5) is 0 Å². The molecule has 0 saturated carbocycles. The highest BCUT2D eigenvalue weighted by atomic mass is 14.5. The van der Waals surface area contributed by atoms with Crippen molar-refractivity contribution in [2.75, 3.05) is 0 Å². The molecular weight excluding hydrogens is 625 g/mol. The Bertz CT molecular complexity index is 2290. The largest absolute Gasteiger partial charge is 0.0770 e. The van der Waals surface area contributed by atoms with Gasteiger partial charge in [-0.2, -0.15) is 0 Å². The van der Waals surface area contributed by atoms with Crippen molar-refractivity contribution >= 4 is 11.1 Å². The smallest absolute Gasteiger partial charge is 0.0102 e. The third kappa shape index (κ3) is 4.22. The van der Waals surface area contributed by atoms with E-state index in [0.717, 1.165) is 12.8 Å². The first-order valence-corrected chi connectivity index (χ1v) is 20.2. The van der Waals surface area contributed by atoms with E-state index < -0.39 is 0 Å². The minimum atomic E-state index is 0.0575. The van der Waals surface area contributed by atoms with Crippen molar-refractivity contribution in [3.63, 3.8) is 0 Å². The van der Waals surface area contributed by atoms with Gasteiger partial charge in [0.25, 0.3) is 0 Å². The maximum Gasteiger partial charge on any atom is 0.0102 e. The van der Waals surface area contributed by atoms with Gasteiger partial charge in [0.05, 0.1) is 0 Å². The molecule has 0 fully saturated rings. The molecule has 258 valence electrons. The molecule has 52 heavy (non-hydrogen) atoms. The van der Waals surface area contributed by atoms with Crippen LogP contribution in [-0.4, -0.2) is 0 Å². The number of rotatable bonds is 4. The number of allylic oxidation sites excluding steroid dienone is 28. The fourth-order valence-electron chi connectivity index (χ4n) is 12.1. The standard InChI is InChI=1S/C52H50/c1-6-51(2,3)38-26-36-13-12-33-15-21-40(44-25-19-37(27-38)48(36)50(33)44)35-18-23-42-41-22-17-34(28-45(41)52(4,5)46(42)29-35)39-20-14-32-11-10-30-8-7-9-31-16-24-43(39)49(32)47(30)31/h7-28,30,36,43-44,46-50H,6,29H2,1-5H3. The van der Waals surface area contributed by atoms with E-state index >= 15 is 0 Å². The van der Waals surface area contributed by atoms with E-state index in [9.17, 15) is 0 Å². The predicted molar refractivity (Wildman–Crippen MR) is 218 cm³/mol. The highest BCUT2D eigenvalue weighted by molar-refractivity contribution is 5.84. The Labute approximate surface area is 311 Å². The maximum atomic E-state index is 2.61. The van der Waals surface area contributed by atoms with Gasteiger partial charge >= 0.3 is 0 Å². The van der Waals surface area contributed by atoms with Crippen LogP contribution in [0.2, 0.25) is 0 Å². The van der Waals surface area contributed by atoms with E-state index in [0.29, 0.717) is 53.3 Å². The van der Waals surface area contributed by atoms with E-state index in [4.69, 9.17) is 0 Å². The second-order valence-corrected chi connectivity index (χ2v) is 18.4. The summed E-state index contributed by atoms with van der Waals surface area (Å²) in [5.74, 6) is 4.48. The van der Waals surface area contributed by atoms with Crippen molar-refractivity contribution in [3.8, 4) is 0 Å². The summed E-state index contributed by atoms with van der Waals surface area (Å²) in [6, 6.07) is 7.49. The number of hydrogen-bond acceptors (Lipinski definition) is 0. The van der Waals surface area contributed by atoms with Gasteiger partial charge in [-0.25, -0.2) is 0 Å². The molecule has 0 N–H and O–H groups in total. The van der Waals surface area contributed by atoms with Gasteiger partial charge in [0.1, 0.15) is 0 Å². The van der Waals surface area contributed by atoms with E-state index in [2.05, 4.69) is 168 Å². The molecule has 0 saturated heterocycles. The summed E-state index contributed by atoms with van der Waals surface area (Å²) in [5.41, 5.74) is 18.4. The molecule has 0 heteroatoms. The van der Waals surface area contributed by atoms with Crippen LogP contribution in [0.25, 0.3) is 11.1 Å². The zero-order chi connectivity index (χ0) is 35.1. The number of fused-ring (bicyclic) bond motifs is 3. The zero-order valence-corrected chi connectivity index (χ0v) is 31.3. The molecule has 1 aromatic carbocycles. The van der Waals surface area contributed by atoms with Crippen LogP contribution >= 0.6 is 0 Å². The fraction of sp³-hybridized carbons (Fsp3) is 0.346. The molecule has 0 nitrogen and oxygen atoms in total. The Morgan fingerprint density at radius 3 is 2.10 bits per heavy atom. The second-order valence-electron chi connectivity index (χ2n) is 18.4. The summed E-state index contributed by atoms with van der Waals surface area (Å²) in [5, 5.41) is 0. The third-order valence-corrected chi connectivity index (χ3v) is 15.4. The van der Waals surface area contributed by atoms with Gasteiger partial charge in [-0.3, -0.25) is 0 Å². The molecule has 11 rings (SSSR count). The molecule has 1 aromatic rings. The summed E-state index contributed by atoms with van der Waals surface area (Å²) in [4.78, 5) is 0. The quantitative estimate of drug-likeness (QED) is 0.298. The number of benzene rings is 1. The van der Waals surface area contributed by atoms with E-state index in [1.165, 1.54) is 50.1 Å². The average Bonchev–Trinajstić information content (AvgIpc) is 3.40. The zero-order valence-electron chi connectivity index (χ0n) is 31.3. The van der Waals surface area contributed by atoms with Gasteiger partial charge in [-0.05, 0) is 96.4 Å². The molecule has 9 atom stereocenters. The molecule has 0 radical (unpaired) electrons. The van der Waals surface area contributed by atoms with Crippen LogP contribution in [0.15, 0.2) is 173 Å². The Morgan fingerprint density at radius 2 is 1.31 bits per heavy atom. The molecule has 10 aliphatic rings. The normalized spacial score (nSPS) is 36.0. The molecule has 0 heterocycles. The Morgan fingerprint density at radius 1 is 0.654 bits per heavy atom. The Hall–Kier alpha value is -4.42. The highest BCUT2D eigenvalue weighted by Gasteiger charge is 2.49. The van der Waals surface area contributed by atoms with Gasteiger partial charge < -0.3 is 0 Å². The lowest BCUT2D eigenvalue weighted by molar-refractivity contribution is 0.306. The lowest BCUT2D eigenvalue weighted by Gasteiger charge is -2.48. The van der Waals surface area contributed by atoms with Gasteiger partial charge in [-0.1, -0.05) is 168 Å². The van der Waals surface area contributed by atoms with Crippen molar-refractivity contribution in [2.45, 2.75) is 52.9 Å². The summed E-state index contributed by atoms with van der Waals surface area (Å²) in [6.07, 6.45) is 49.0. The fourth-order valence-corrected chi connectivity index (χ4v) is 12.1. The van der Waals surface area contributed by atoms with E-state index in [1.807, 2.05) is 0 Å². The minimum absolute atomic E-state index is 0.0575. The molecular formula is C52H50. The van der Waals surface area contributed by atoms with Crippen molar-refractivity contribution in [1.82, 2.24) is 0 Å². The van der Waals surface area contributed by atoms with Crippen LogP contribution in [0, 0.1) is 58.7 Å². The topological polar surface area (TPSA) is 0 Å². The maximum absolute atomic E-state index is 2.61. The SMILES string of the molecule is CCC(C)(C)C1=CC2C=CC3=CC=C(C4=CC=C5c6ccc(C7=CC=C8C=CC9C=CC=C%10C=CC7C8C%109)cc6C(C)(C)C5C4)C4C=CC(=C1)C2C34. The van der Waals surface area contributed by atoms with Crippen LogP contribution in [-0.2, 0) is 5.41 Å². The summed E-state index contributed by atoms with van der Waals surface area (Å²) >= 11 is 0. The molecule has 9 unspecified atom stereocenters. The van der Waals surface area contributed by atoms with E-state index in [-0.39, 0.29) is 10.8 Å². The lowest BCUT2D eigenvalue weighted by atomic mass is 9.56. The molecule has 0 aliphatic heterocycles. The number of hydrogen-bond donors (Lipinski definition) is 0. The molecule has 0 aromatic heterocycles. The molecule has 0 amide bonds. The van der Waals surface area contributed by atoms with Crippen LogP contribution < -0.4 is 0 Å². The Balaban J connectivity index is 0.917. The summed E-state index contributed by atoms with van der Waals surface area (Å²) < 4.78 is 0. The van der Waals surface area contributed by atoms with Crippen molar-refractivity contribution in [1.29, 1.82) is 0 Å². The van der Waals surface area contributed by atoms with Gasteiger partial charge in [0.2, 0.25) is 0 Å². The first kappa shape index (κ1) is 31.1. The van der Waals surface area contributed by atoms with Crippen LogP contribution in [0.1, 0.15) is 64.2 Å². The third-order valence-electron chi connectivity index (χ3n) is 15.4. The first-order valence-electron chi connectivity index (χ1n) is 20.2. The summed E-state index contributed by atoms with van der Waals surface area (Å²) in [7, 11) is 0. The summed E-state index contributed by atoms with van der Waals surface area (Å²) in [6.45, 7) is 12.2. The van der Waals surface area contributed by atoms with Crippen molar-refractivity contribution < 1.29 is 0 Å². The average molecular weight is 675 g/mol. The Kier molecular flexibility index (Phi) is 6.48. The highest BCUT2D eigenvalue weighted by Crippen LogP contribution is 2.59. The first-order chi connectivity index (χ1) is 25.2. The van der Waals surface area contributed by atoms with Gasteiger partial charge in [0, 0.05) is 47.3 Å². The van der Waals surface area contributed by atoms with Crippen molar-refractivity contribution in [2.24, 2.45) is 58.7 Å². The minimum Gasteiger partial charge on any atom is -0.0770 e. The molecule has 0 spiro atoms. The molecule has 0 bridgehead atoms. The van der Waals surface area contributed by atoms with Crippen molar-refractivity contribution in [3.05, 3.63) is 189 Å². The van der Waals surface area contributed by atoms with Gasteiger partial charge in [0.15, 0.2) is 0 Å². The lowest BCUT2D eigenvalue weighted by Crippen LogP contribution is -2.39. The second kappa shape index (κ2) is 10.8.